The fraction of sp³-hybridized carbons (Fsp3) is 0.348. The zero-order valence-corrected chi connectivity index (χ0v) is 18.1. The summed E-state index contributed by atoms with van der Waals surface area (Å²) in [7, 11) is 0. The van der Waals surface area contributed by atoms with Gasteiger partial charge in [-0.1, -0.05) is 60.7 Å². The van der Waals surface area contributed by atoms with Gasteiger partial charge in [-0.05, 0) is 48.6 Å². The standard InChI is InChI=1S/C23H24ClNO4S/c24-20(15-18-9-3-1-4-10-18)22(26)28-13-7-8-14-29-23(27)21(30-17-25)16-19-11-5-2-6-12-19/h1-6,9-12,20-21H,7-8,13-16H2. The maximum Gasteiger partial charge on any atom is 0.324 e. The maximum absolute atomic E-state index is 12.2. The number of nitriles is 1. The van der Waals surface area contributed by atoms with Crippen molar-refractivity contribution in [2.24, 2.45) is 0 Å². The molecule has 0 radical (unpaired) electrons. The number of carbonyl (C=O) groups is 2. The van der Waals surface area contributed by atoms with Gasteiger partial charge in [0.1, 0.15) is 16.0 Å². The predicted molar refractivity (Wildman–Crippen MR) is 118 cm³/mol. The Kier molecular flexibility index (Phi) is 10.8. The van der Waals surface area contributed by atoms with Gasteiger partial charge >= 0.3 is 11.9 Å². The van der Waals surface area contributed by atoms with Gasteiger partial charge in [-0.2, -0.15) is 5.26 Å². The van der Waals surface area contributed by atoms with Crippen LogP contribution in [-0.2, 0) is 31.9 Å². The second-order valence-electron chi connectivity index (χ2n) is 6.59. The number of carbonyl (C=O) groups excluding carboxylic acids is 2. The van der Waals surface area contributed by atoms with E-state index in [2.05, 4.69) is 0 Å². The highest BCUT2D eigenvalue weighted by atomic mass is 35.5. The summed E-state index contributed by atoms with van der Waals surface area (Å²) < 4.78 is 10.5. The monoisotopic (exact) mass is 445 g/mol. The van der Waals surface area contributed by atoms with Crippen LogP contribution in [0, 0.1) is 10.7 Å². The Morgan fingerprint density at radius 1 is 0.867 bits per heavy atom. The van der Waals surface area contributed by atoms with Gasteiger partial charge < -0.3 is 9.47 Å². The van der Waals surface area contributed by atoms with E-state index < -0.39 is 22.6 Å². The molecule has 2 unspecified atom stereocenters. The summed E-state index contributed by atoms with van der Waals surface area (Å²) in [5.74, 6) is -0.864. The van der Waals surface area contributed by atoms with Crippen LogP contribution in [0.15, 0.2) is 60.7 Å². The normalized spacial score (nSPS) is 12.4. The average Bonchev–Trinajstić information content (AvgIpc) is 2.77. The molecule has 0 fully saturated rings. The van der Waals surface area contributed by atoms with Crippen molar-refractivity contribution in [1.29, 1.82) is 5.26 Å². The summed E-state index contributed by atoms with van der Waals surface area (Å²) in [6, 6.07) is 19.0. The third-order valence-electron chi connectivity index (χ3n) is 4.26. The van der Waals surface area contributed by atoms with E-state index in [1.54, 1.807) is 0 Å². The lowest BCUT2D eigenvalue weighted by Crippen LogP contribution is -2.23. The summed E-state index contributed by atoms with van der Waals surface area (Å²) in [4.78, 5) is 24.2. The van der Waals surface area contributed by atoms with E-state index in [0.717, 1.165) is 22.9 Å². The summed E-state index contributed by atoms with van der Waals surface area (Å²) in [5.41, 5.74) is 1.95. The minimum absolute atomic E-state index is 0.210. The molecule has 0 saturated heterocycles. The first kappa shape index (κ1) is 23.8. The topological polar surface area (TPSA) is 76.4 Å². The molecule has 0 N–H and O–H groups in total. The molecule has 2 rings (SSSR count). The number of halogens is 1. The summed E-state index contributed by atoms with van der Waals surface area (Å²) in [5, 5.41) is 9.61. The molecule has 0 aromatic heterocycles. The third-order valence-corrected chi connectivity index (χ3v) is 5.34. The number of hydrogen-bond donors (Lipinski definition) is 0. The zero-order valence-electron chi connectivity index (χ0n) is 16.5. The Bertz CT molecular complexity index is 826. The van der Waals surface area contributed by atoms with Gasteiger partial charge in [-0.25, -0.2) is 0 Å². The first-order chi connectivity index (χ1) is 14.6. The quantitative estimate of drug-likeness (QED) is 0.207. The van der Waals surface area contributed by atoms with Crippen LogP contribution in [0.4, 0.5) is 0 Å². The van der Waals surface area contributed by atoms with Gasteiger partial charge in [0.15, 0.2) is 0 Å². The van der Waals surface area contributed by atoms with Gasteiger partial charge in [0.25, 0.3) is 0 Å². The van der Waals surface area contributed by atoms with Crippen molar-refractivity contribution in [2.45, 2.75) is 36.3 Å². The number of rotatable bonds is 12. The van der Waals surface area contributed by atoms with Crippen molar-refractivity contribution in [3.05, 3.63) is 71.8 Å². The van der Waals surface area contributed by atoms with Crippen LogP contribution >= 0.6 is 23.4 Å². The Morgan fingerprint density at radius 3 is 1.90 bits per heavy atom. The predicted octanol–water partition coefficient (Wildman–Crippen LogP) is 4.53. The molecule has 2 aromatic rings. The van der Waals surface area contributed by atoms with Crippen LogP contribution in [0.2, 0.25) is 0 Å². The zero-order chi connectivity index (χ0) is 21.6. The first-order valence-corrected chi connectivity index (χ1v) is 11.0. The number of thiocyanates is 1. The fourth-order valence-corrected chi connectivity index (χ4v) is 3.51. The number of alkyl halides is 1. The van der Waals surface area contributed by atoms with Crippen LogP contribution in [-0.4, -0.2) is 35.8 Å². The number of hydrogen-bond acceptors (Lipinski definition) is 6. The summed E-state index contributed by atoms with van der Waals surface area (Å²) >= 11 is 7.01. The lowest BCUT2D eigenvalue weighted by Gasteiger charge is -2.13. The van der Waals surface area contributed by atoms with E-state index in [4.69, 9.17) is 26.3 Å². The second kappa shape index (κ2) is 13.7. The van der Waals surface area contributed by atoms with Crippen molar-refractivity contribution in [3.63, 3.8) is 0 Å². The Labute approximate surface area is 186 Å². The molecule has 2 aromatic carbocycles. The van der Waals surface area contributed by atoms with Crippen molar-refractivity contribution in [2.75, 3.05) is 13.2 Å². The molecule has 0 aliphatic carbocycles. The lowest BCUT2D eigenvalue weighted by atomic mass is 10.1. The van der Waals surface area contributed by atoms with E-state index in [1.165, 1.54) is 0 Å². The molecule has 7 heteroatoms. The first-order valence-electron chi connectivity index (χ1n) is 9.70. The average molecular weight is 446 g/mol. The highest BCUT2D eigenvalue weighted by Crippen LogP contribution is 2.17. The molecule has 0 heterocycles. The van der Waals surface area contributed by atoms with E-state index in [0.29, 0.717) is 25.7 Å². The van der Waals surface area contributed by atoms with Crippen molar-refractivity contribution in [3.8, 4) is 5.40 Å². The van der Waals surface area contributed by atoms with Crippen molar-refractivity contribution in [1.82, 2.24) is 0 Å². The molecular weight excluding hydrogens is 422 g/mol. The molecule has 0 aliphatic rings. The number of thioether (sulfide) groups is 1. The number of unbranched alkanes of at least 4 members (excludes halogenated alkanes) is 1. The van der Waals surface area contributed by atoms with Crippen LogP contribution in [0.25, 0.3) is 0 Å². The smallest absolute Gasteiger partial charge is 0.324 e. The number of esters is 2. The maximum atomic E-state index is 12.2. The molecule has 0 saturated carbocycles. The van der Waals surface area contributed by atoms with E-state index in [1.807, 2.05) is 66.1 Å². The number of ether oxygens (including phenoxy) is 2. The molecule has 158 valence electrons. The van der Waals surface area contributed by atoms with Gasteiger partial charge in [-0.3, -0.25) is 9.59 Å². The second-order valence-corrected chi connectivity index (χ2v) is 8.10. The molecule has 0 spiro atoms. The molecular formula is C23H24ClNO4S. The molecule has 5 nitrogen and oxygen atoms in total. The van der Waals surface area contributed by atoms with Gasteiger partial charge in [0.2, 0.25) is 0 Å². The molecule has 2 atom stereocenters. The largest absolute Gasteiger partial charge is 0.465 e. The SMILES string of the molecule is N#CSC(Cc1ccccc1)C(=O)OCCCCOC(=O)C(Cl)Cc1ccccc1. The highest BCUT2D eigenvalue weighted by molar-refractivity contribution is 8.04. The van der Waals surface area contributed by atoms with Crippen molar-refractivity contribution < 1.29 is 19.1 Å². The molecule has 30 heavy (non-hydrogen) atoms. The lowest BCUT2D eigenvalue weighted by molar-refractivity contribution is -0.145. The van der Waals surface area contributed by atoms with Gasteiger partial charge in [0, 0.05) is 0 Å². The van der Waals surface area contributed by atoms with Crippen LogP contribution in [0.3, 0.4) is 0 Å². The molecule has 0 amide bonds. The third kappa shape index (κ3) is 8.89. The Balaban J connectivity index is 1.62. The van der Waals surface area contributed by atoms with Crippen molar-refractivity contribution >= 4 is 35.3 Å². The molecule has 0 aliphatic heterocycles. The van der Waals surface area contributed by atoms with Gasteiger partial charge in [0.05, 0.1) is 13.2 Å². The highest BCUT2D eigenvalue weighted by Gasteiger charge is 2.21. The van der Waals surface area contributed by atoms with Crippen LogP contribution < -0.4 is 0 Å². The van der Waals surface area contributed by atoms with Crippen LogP contribution in [0.5, 0.6) is 0 Å². The Hall–Kier alpha value is -2.49. The molecule has 0 bridgehead atoms. The van der Waals surface area contributed by atoms with Gasteiger partial charge in [-0.15, -0.1) is 11.6 Å². The van der Waals surface area contributed by atoms with E-state index in [-0.39, 0.29) is 13.2 Å². The van der Waals surface area contributed by atoms with Crippen LogP contribution in [0.1, 0.15) is 24.0 Å². The van der Waals surface area contributed by atoms with E-state index >= 15 is 0 Å². The number of benzene rings is 2. The summed E-state index contributed by atoms with van der Waals surface area (Å²) in [6.07, 6.45) is 1.97. The minimum Gasteiger partial charge on any atom is -0.465 e. The fourth-order valence-electron chi connectivity index (χ4n) is 2.70. The Morgan fingerprint density at radius 2 is 1.37 bits per heavy atom. The number of nitrogens with zero attached hydrogens (tertiary/aromatic N) is 1. The minimum atomic E-state index is -0.730. The summed E-state index contributed by atoms with van der Waals surface area (Å²) in [6.45, 7) is 0.427. The van der Waals surface area contributed by atoms with E-state index in [9.17, 15) is 9.59 Å².